The maximum Gasteiger partial charge on any atom is 0.272 e. The zero-order chi connectivity index (χ0) is 32.4. The Hall–Kier alpha value is -4.75. The molecule has 0 saturated carbocycles. The van der Waals surface area contributed by atoms with Crippen LogP contribution in [0.2, 0.25) is 0 Å². The maximum absolute atomic E-state index is 13.4. The van der Waals surface area contributed by atoms with Gasteiger partial charge < -0.3 is 36.1 Å². The smallest absolute Gasteiger partial charge is 0.272 e. The molecule has 238 valence electrons. The summed E-state index contributed by atoms with van der Waals surface area (Å²) in [5.74, 6) is -3.64. The topological polar surface area (TPSA) is 184 Å². The summed E-state index contributed by atoms with van der Waals surface area (Å²) in [4.78, 5) is 84.1. The van der Waals surface area contributed by atoms with Crippen LogP contribution in [-0.4, -0.2) is 94.2 Å². The van der Waals surface area contributed by atoms with Crippen LogP contribution in [0.3, 0.4) is 0 Å². The molecule has 0 aliphatic carbocycles. The zero-order valence-corrected chi connectivity index (χ0v) is 25.8. The number of aryl methyl sites for hydroxylation is 1. The van der Waals surface area contributed by atoms with Crippen LogP contribution in [-0.2, 0) is 37.4 Å². The van der Waals surface area contributed by atoms with E-state index in [2.05, 4.69) is 31.6 Å². The van der Waals surface area contributed by atoms with Gasteiger partial charge in [0, 0.05) is 33.3 Å². The molecule has 0 bridgehead atoms. The van der Waals surface area contributed by atoms with E-state index in [0.717, 1.165) is 5.56 Å². The van der Waals surface area contributed by atoms with Gasteiger partial charge in [-0.1, -0.05) is 44.2 Å². The normalized spacial score (nSPS) is 23.1. The molecule has 0 spiro atoms. The fraction of sp³-hybridized carbons (Fsp3) is 0.500. The first-order valence-corrected chi connectivity index (χ1v) is 14.6. The molecular weight excluding hydrogens is 568 g/mol. The predicted molar refractivity (Wildman–Crippen MR) is 161 cm³/mol. The van der Waals surface area contributed by atoms with Gasteiger partial charge in [-0.05, 0) is 31.2 Å². The van der Waals surface area contributed by atoms with Gasteiger partial charge in [0.25, 0.3) is 5.91 Å². The number of benzene rings is 1. The van der Waals surface area contributed by atoms with Crippen molar-refractivity contribution in [2.45, 2.75) is 64.2 Å². The number of amides is 6. The van der Waals surface area contributed by atoms with E-state index in [1.165, 1.54) is 31.4 Å². The molecule has 1 aliphatic heterocycles. The van der Waals surface area contributed by atoms with E-state index in [9.17, 15) is 28.8 Å². The van der Waals surface area contributed by atoms with E-state index in [1.54, 1.807) is 25.5 Å². The Kier molecular flexibility index (Phi) is 12.0. The lowest BCUT2D eigenvalue weighted by Crippen LogP contribution is -2.59. The van der Waals surface area contributed by atoms with Gasteiger partial charge in [0.1, 0.15) is 29.9 Å². The lowest BCUT2D eigenvalue weighted by Gasteiger charge is -2.28. The molecule has 5 N–H and O–H groups in total. The first kappa shape index (κ1) is 33.7. The molecular formula is C30H42N8O6. The fourth-order valence-electron chi connectivity index (χ4n) is 4.68. The van der Waals surface area contributed by atoms with E-state index in [1.807, 2.05) is 30.3 Å². The molecule has 0 radical (unpaired) electrons. The highest BCUT2D eigenvalue weighted by Crippen LogP contribution is 2.09. The third-order valence-electron chi connectivity index (χ3n) is 7.20. The Labute approximate surface area is 256 Å². The van der Waals surface area contributed by atoms with Crippen LogP contribution < -0.4 is 26.6 Å². The van der Waals surface area contributed by atoms with E-state index in [4.69, 9.17) is 0 Å². The zero-order valence-electron chi connectivity index (χ0n) is 25.8. The second-order valence-electron chi connectivity index (χ2n) is 11.3. The summed E-state index contributed by atoms with van der Waals surface area (Å²) < 4.78 is 1.59. The minimum atomic E-state index is -1.06. The monoisotopic (exact) mass is 610 g/mol. The highest BCUT2D eigenvalue weighted by Gasteiger charge is 2.32. The maximum atomic E-state index is 13.4. The van der Waals surface area contributed by atoms with Gasteiger partial charge in [0.05, 0.1) is 12.9 Å². The Morgan fingerprint density at radius 2 is 1.70 bits per heavy atom. The molecule has 3 rings (SSSR count). The number of imidazole rings is 1. The lowest BCUT2D eigenvalue weighted by atomic mass is 10.0. The van der Waals surface area contributed by atoms with Crippen molar-refractivity contribution in [1.29, 1.82) is 0 Å². The van der Waals surface area contributed by atoms with Crippen molar-refractivity contribution in [2.24, 2.45) is 13.0 Å². The number of hydrogen-bond acceptors (Lipinski definition) is 7. The van der Waals surface area contributed by atoms with E-state index in [-0.39, 0.29) is 37.5 Å². The van der Waals surface area contributed by atoms with E-state index < -0.39 is 59.6 Å². The largest absolute Gasteiger partial charge is 0.355 e. The van der Waals surface area contributed by atoms with Crippen LogP contribution in [0.5, 0.6) is 0 Å². The summed E-state index contributed by atoms with van der Waals surface area (Å²) in [6, 6.07) is 4.99. The van der Waals surface area contributed by atoms with Crippen LogP contribution in [0.4, 0.5) is 0 Å². The summed E-state index contributed by atoms with van der Waals surface area (Å²) in [5.41, 5.74) is 0.916. The third-order valence-corrected chi connectivity index (χ3v) is 7.20. The van der Waals surface area contributed by atoms with Gasteiger partial charge in [-0.25, -0.2) is 4.98 Å². The van der Waals surface area contributed by atoms with Crippen LogP contribution in [0.25, 0.3) is 0 Å². The average molecular weight is 611 g/mol. The number of nitrogens with one attached hydrogen (secondary N) is 5. The van der Waals surface area contributed by atoms with Gasteiger partial charge in [0.2, 0.25) is 29.5 Å². The van der Waals surface area contributed by atoms with Crippen LogP contribution in [0.15, 0.2) is 42.9 Å². The fourth-order valence-corrected chi connectivity index (χ4v) is 4.68. The number of rotatable bonds is 5. The van der Waals surface area contributed by atoms with Crippen molar-refractivity contribution in [3.8, 4) is 0 Å². The molecule has 6 amide bonds. The Bertz CT molecular complexity index is 1340. The van der Waals surface area contributed by atoms with Crippen LogP contribution in [0, 0.1) is 5.92 Å². The lowest BCUT2D eigenvalue weighted by molar-refractivity contribution is -0.139. The molecule has 2 aromatic rings. The molecule has 1 aliphatic rings. The van der Waals surface area contributed by atoms with Crippen LogP contribution >= 0.6 is 0 Å². The number of likely N-dealkylation sites (N-methyl/N-ethyl adjacent to an activating group) is 1. The average Bonchev–Trinajstić information content (AvgIpc) is 3.42. The Morgan fingerprint density at radius 3 is 2.34 bits per heavy atom. The van der Waals surface area contributed by atoms with E-state index >= 15 is 0 Å². The molecule has 44 heavy (non-hydrogen) atoms. The molecule has 1 fully saturated rings. The summed E-state index contributed by atoms with van der Waals surface area (Å²) in [7, 11) is 3.17. The summed E-state index contributed by atoms with van der Waals surface area (Å²) in [6.07, 6.45) is 3.59. The SMILES string of the molecule is CC(C)[C@H]1NC(=O)[C@@H](NC(=O)c2cn(C)cn2)CCCNC(=O)CN(C)C(=O)[C@H](Cc2ccccc2)NC(=O)[C@@H](C)NC1=O. The number of hydrogen-bond donors (Lipinski definition) is 5. The first-order chi connectivity index (χ1) is 20.8. The summed E-state index contributed by atoms with van der Waals surface area (Å²) >= 11 is 0. The van der Waals surface area contributed by atoms with Gasteiger partial charge in [-0.2, -0.15) is 0 Å². The molecule has 1 aromatic carbocycles. The number of carbonyl (C=O) groups is 6. The molecule has 1 saturated heterocycles. The second kappa shape index (κ2) is 15.6. The van der Waals surface area contributed by atoms with Crippen molar-refractivity contribution in [3.63, 3.8) is 0 Å². The second-order valence-corrected chi connectivity index (χ2v) is 11.3. The number of carbonyl (C=O) groups excluding carboxylic acids is 6. The van der Waals surface area contributed by atoms with Gasteiger partial charge in [0.15, 0.2) is 0 Å². The Morgan fingerprint density at radius 1 is 1.00 bits per heavy atom. The summed E-state index contributed by atoms with van der Waals surface area (Å²) in [6.45, 7) is 4.86. The van der Waals surface area contributed by atoms with Crippen molar-refractivity contribution < 1.29 is 28.8 Å². The van der Waals surface area contributed by atoms with Crippen molar-refractivity contribution >= 4 is 35.4 Å². The molecule has 0 unspecified atom stereocenters. The highest BCUT2D eigenvalue weighted by molar-refractivity contribution is 5.98. The van der Waals surface area contributed by atoms with Crippen LogP contribution in [0.1, 0.15) is 49.7 Å². The number of aromatic nitrogens is 2. The molecule has 1 aromatic heterocycles. The minimum Gasteiger partial charge on any atom is -0.355 e. The minimum absolute atomic E-state index is 0.115. The van der Waals surface area contributed by atoms with Crippen molar-refractivity contribution in [3.05, 3.63) is 54.1 Å². The quantitative estimate of drug-likeness (QED) is 0.295. The Balaban J connectivity index is 1.84. The van der Waals surface area contributed by atoms with Crippen molar-refractivity contribution in [2.75, 3.05) is 20.1 Å². The molecule has 4 atom stereocenters. The summed E-state index contributed by atoms with van der Waals surface area (Å²) in [5, 5.41) is 13.5. The molecule has 14 nitrogen and oxygen atoms in total. The highest BCUT2D eigenvalue weighted by atomic mass is 16.2. The first-order valence-electron chi connectivity index (χ1n) is 14.6. The van der Waals surface area contributed by atoms with Crippen molar-refractivity contribution in [1.82, 2.24) is 41.0 Å². The molecule has 14 heteroatoms. The van der Waals surface area contributed by atoms with Gasteiger partial charge >= 0.3 is 0 Å². The number of nitrogens with zero attached hydrogens (tertiary/aromatic N) is 3. The molecule has 2 heterocycles. The van der Waals surface area contributed by atoms with Gasteiger partial charge in [-0.15, -0.1) is 0 Å². The van der Waals surface area contributed by atoms with Gasteiger partial charge in [-0.3, -0.25) is 28.8 Å². The predicted octanol–water partition coefficient (Wildman–Crippen LogP) is -0.740. The third kappa shape index (κ3) is 9.64. The van der Waals surface area contributed by atoms with E-state index in [0.29, 0.717) is 6.42 Å². The standard InChI is InChI=1S/C30H42N8O6/c1-18(2)25-29(43)33-19(3)26(40)35-22(14-20-10-7-6-8-11-20)30(44)38(5)16-24(39)31-13-9-12-21(27(41)36-25)34-28(42)23-15-37(4)17-32-23/h6-8,10-11,15,17-19,21-22,25H,9,12-14,16H2,1-5H3,(H,31,39)(H,33,43)(H,34,42)(H,35,40)(H,36,41)/t19-,21+,22+,25-/m1/s1.